The van der Waals surface area contributed by atoms with E-state index in [1.807, 2.05) is 24.3 Å². The summed E-state index contributed by atoms with van der Waals surface area (Å²) >= 11 is 0. The molecule has 32 heavy (non-hydrogen) atoms. The molecular formula is C24H43NO5Si2. The Bertz CT molecular complexity index is 766. The minimum Gasteiger partial charge on any atom is -0.491 e. The number of nitrogens with one attached hydrogen (secondary N) is 1. The van der Waals surface area contributed by atoms with Crippen LogP contribution in [0.5, 0.6) is 5.75 Å². The van der Waals surface area contributed by atoms with Crippen LogP contribution in [-0.4, -0.2) is 48.6 Å². The van der Waals surface area contributed by atoms with Gasteiger partial charge in [0.1, 0.15) is 12.4 Å². The summed E-state index contributed by atoms with van der Waals surface area (Å²) < 4.78 is 23.9. The zero-order valence-electron chi connectivity index (χ0n) is 21.6. The molecule has 0 saturated carbocycles. The summed E-state index contributed by atoms with van der Waals surface area (Å²) in [6.45, 7) is 23.7. The first-order chi connectivity index (χ1) is 14.5. The van der Waals surface area contributed by atoms with Crippen LogP contribution in [0.4, 0.5) is 4.79 Å². The van der Waals surface area contributed by atoms with E-state index in [-0.39, 0.29) is 22.2 Å². The fourth-order valence-corrected chi connectivity index (χ4v) is 4.89. The lowest BCUT2D eigenvalue weighted by Crippen LogP contribution is -2.45. The molecule has 1 amide bonds. The third-order valence-electron chi connectivity index (χ3n) is 7.16. The molecule has 0 aliphatic carbocycles. The molecule has 6 nitrogen and oxygen atoms in total. The Morgan fingerprint density at radius 1 is 0.875 bits per heavy atom. The zero-order chi connectivity index (χ0) is 24.4. The molecule has 182 valence electrons. The summed E-state index contributed by atoms with van der Waals surface area (Å²) in [5.41, 5.74) is 0.928. The summed E-state index contributed by atoms with van der Waals surface area (Å²) in [6, 6.07) is 7.53. The molecule has 1 aliphatic heterocycles. The maximum Gasteiger partial charge on any atom is 0.408 e. The van der Waals surface area contributed by atoms with Gasteiger partial charge in [-0.25, -0.2) is 4.79 Å². The van der Waals surface area contributed by atoms with Gasteiger partial charge in [0.2, 0.25) is 0 Å². The van der Waals surface area contributed by atoms with E-state index in [0.29, 0.717) is 19.8 Å². The molecule has 0 spiro atoms. The Kier molecular flexibility index (Phi) is 8.29. The molecular weight excluding hydrogens is 438 g/mol. The molecule has 1 aromatic carbocycles. The van der Waals surface area contributed by atoms with Gasteiger partial charge in [-0.15, -0.1) is 0 Å². The second kappa shape index (κ2) is 9.87. The van der Waals surface area contributed by atoms with Gasteiger partial charge in [-0.1, -0.05) is 53.7 Å². The topological polar surface area (TPSA) is 66.0 Å². The van der Waals surface area contributed by atoms with Gasteiger partial charge in [-0.05, 0) is 54.0 Å². The van der Waals surface area contributed by atoms with Gasteiger partial charge >= 0.3 is 6.09 Å². The van der Waals surface area contributed by atoms with Crippen molar-refractivity contribution in [3.63, 3.8) is 0 Å². The van der Waals surface area contributed by atoms with Crippen molar-refractivity contribution in [3.05, 3.63) is 29.8 Å². The van der Waals surface area contributed by atoms with Crippen LogP contribution in [0.2, 0.25) is 36.3 Å². The fourth-order valence-electron chi connectivity index (χ4n) is 2.83. The van der Waals surface area contributed by atoms with Crippen molar-refractivity contribution < 1.29 is 23.1 Å². The second-order valence-corrected chi connectivity index (χ2v) is 21.3. The van der Waals surface area contributed by atoms with E-state index in [1.165, 1.54) is 0 Å². The Morgan fingerprint density at radius 2 is 1.41 bits per heavy atom. The van der Waals surface area contributed by atoms with Gasteiger partial charge in [0.25, 0.3) is 0 Å². The smallest absolute Gasteiger partial charge is 0.408 e. The highest BCUT2D eigenvalue weighted by atomic mass is 28.4. The van der Waals surface area contributed by atoms with Gasteiger partial charge in [0.05, 0.1) is 19.3 Å². The number of hydrogen-bond acceptors (Lipinski definition) is 5. The quantitative estimate of drug-likeness (QED) is 0.333. The average Bonchev–Trinajstić information content (AvgIpc) is 3.03. The van der Waals surface area contributed by atoms with Crippen molar-refractivity contribution in [2.75, 3.05) is 19.8 Å². The van der Waals surface area contributed by atoms with E-state index < -0.39 is 22.7 Å². The van der Waals surface area contributed by atoms with E-state index in [2.05, 4.69) is 73.0 Å². The third-order valence-corrected chi connectivity index (χ3v) is 16.2. The van der Waals surface area contributed by atoms with E-state index in [4.69, 9.17) is 18.3 Å². The number of cyclic esters (lactones) is 1. The molecule has 2 rings (SSSR count). The monoisotopic (exact) mass is 481 g/mol. The number of carbonyl (C=O) groups is 1. The predicted molar refractivity (Wildman–Crippen MR) is 134 cm³/mol. The van der Waals surface area contributed by atoms with Crippen molar-refractivity contribution in [1.82, 2.24) is 5.32 Å². The molecule has 0 aromatic heterocycles. The predicted octanol–water partition coefficient (Wildman–Crippen LogP) is 6.26. The first kappa shape index (κ1) is 26.9. The molecule has 0 bridgehead atoms. The number of amides is 1. The van der Waals surface area contributed by atoms with Crippen molar-refractivity contribution in [2.45, 2.75) is 90.0 Å². The van der Waals surface area contributed by atoms with Crippen LogP contribution in [-0.2, 0) is 13.6 Å². The lowest BCUT2D eigenvalue weighted by atomic mass is 10.0. The number of carbonyl (C=O) groups excluding carboxylic acids is 1. The van der Waals surface area contributed by atoms with Gasteiger partial charge in [-0.2, -0.15) is 0 Å². The average molecular weight is 482 g/mol. The Morgan fingerprint density at radius 3 is 1.94 bits per heavy atom. The number of rotatable bonds is 9. The molecule has 1 aromatic rings. The molecule has 0 radical (unpaired) electrons. The molecule has 2 atom stereocenters. The summed E-state index contributed by atoms with van der Waals surface area (Å²) in [5, 5.41) is 3.20. The zero-order valence-corrected chi connectivity index (χ0v) is 23.6. The highest BCUT2D eigenvalue weighted by Crippen LogP contribution is 2.38. The third kappa shape index (κ3) is 6.82. The largest absolute Gasteiger partial charge is 0.491 e. The van der Waals surface area contributed by atoms with Crippen molar-refractivity contribution >= 4 is 22.7 Å². The minimum absolute atomic E-state index is 0.110. The maximum atomic E-state index is 11.9. The van der Waals surface area contributed by atoms with Crippen molar-refractivity contribution in [3.8, 4) is 5.75 Å². The standard InChI is InChI=1S/C24H43NO5Si2/c1-23(2,3)31(7,8)28-16-15-27-19-13-11-18(12-14-19)21-20(25-22(26)30-21)17-29-32(9,10)24(4,5)6/h11-14,20-21H,15-17H2,1-10H3,(H,25,26)/t20-,21-/m0/s1. The molecule has 1 fully saturated rings. The molecule has 1 saturated heterocycles. The van der Waals surface area contributed by atoms with Gasteiger partial charge in [-0.3, -0.25) is 0 Å². The summed E-state index contributed by atoms with van der Waals surface area (Å²) in [7, 11) is -3.68. The van der Waals surface area contributed by atoms with Gasteiger partial charge < -0.3 is 23.6 Å². The fraction of sp³-hybridized carbons (Fsp3) is 0.708. The number of benzene rings is 1. The van der Waals surface area contributed by atoms with Gasteiger partial charge in [0, 0.05) is 0 Å². The van der Waals surface area contributed by atoms with Gasteiger partial charge in [0.15, 0.2) is 22.7 Å². The van der Waals surface area contributed by atoms with Crippen LogP contribution in [0, 0.1) is 0 Å². The van der Waals surface area contributed by atoms with Crippen LogP contribution < -0.4 is 10.1 Å². The first-order valence-corrected chi connectivity index (χ1v) is 17.3. The molecule has 8 heteroatoms. The summed E-state index contributed by atoms with van der Waals surface area (Å²) in [5.74, 6) is 0.777. The van der Waals surface area contributed by atoms with Crippen molar-refractivity contribution in [1.29, 1.82) is 0 Å². The van der Waals surface area contributed by atoms with E-state index in [0.717, 1.165) is 11.3 Å². The van der Waals surface area contributed by atoms with E-state index in [1.54, 1.807) is 0 Å². The molecule has 1 aliphatic rings. The minimum atomic E-state index is -1.91. The number of alkyl carbamates (subject to hydrolysis) is 1. The Hall–Kier alpha value is -1.36. The van der Waals surface area contributed by atoms with Crippen LogP contribution in [0.1, 0.15) is 53.2 Å². The highest BCUT2D eigenvalue weighted by molar-refractivity contribution is 6.74. The van der Waals surface area contributed by atoms with Crippen LogP contribution >= 0.6 is 0 Å². The Labute approximate surface area is 196 Å². The Balaban J connectivity index is 1.92. The summed E-state index contributed by atoms with van der Waals surface area (Å²) in [4.78, 5) is 11.9. The van der Waals surface area contributed by atoms with Crippen LogP contribution in [0.25, 0.3) is 0 Å². The van der Waals surface area contributed by atoms with Crippen LogP contribution in [0.3, 0.4) is 0 Å². The highest BCUT2D eigenvalue weighted by Gasteiger charge is 2.41. The maximum absolute atomic E-state index is 11.9. The van der Waals surface area contributed by atoms with E-state index in [9.17, 15) is 4.79 Å². The lowest BCUT2D eigenvalue weighted by molar-refractivity contribution is 0.120. The number of ether oxygens (including phenoxy) is 2. The normalized spacial score (nSPS) is 20.1. The van der Waals surface area contributed by atoms with Crippen molar-refractivity contribution in [2.24, 2.45) is 0 Å². The molecule has 0 unspecified atom stereocenters. The number of hydrogen-bond donors (Lipinski definition) is 1. The summed E-state index contributed by atoms with van der Waals surface area (Å²) in [6.07, 6.45) is -0.773. The second-order valence-electron chi connectivity index (χ2n) is 11.7. The molecule has 1 N–H and O–H groups in total. The SMILES string of the molecule is CC(C)(C)[Si](C)(C)OCCOc1ccc([C@@H]2OC(=O)N[C@H]2CO[Si](C)(C)C(C)(C)C)cc1. The molecule has 1 heterocycles. The lowest BCUT2D eigenvalue weighted by Gasteiger charge is -2.37. The van der Waals surface area contributed by atoms with E-state index >= 15 is 0 Å². The van der Waals surface area contributed by atoms with Crippen LogP contribution in [0.15, 0.2) is 24.3 Å². The first-order valence-electron chi connectivity index (χ1n) is 11.5.